The van der Waals surface area contributed by atoms with Crippen molar-refractivity contribution in [3.05, 3.63) is 182 Å². The molecule has 0 aliphatic heterocycles. The molecule has 0 aliphatic carbocycles. The number of aromatic nitrogens is 4. The fourth-order valence-electron chi connectivity index (χ4n) is 7.88. The van der Waals surface area contributed by atoms with Crippen LogP contribution >= 0.6 is 0 Å². The summed E-state index contributed by atoms with van der Waals surface area (Å²) >= 11 is 0. The minimum Gasteiger partial charge on any atom is -0.308 e. The van der Waals surface area contributed by atoms with Crippen LogP contribution in [0.2, 0.25) is 0 Å². The lowest BCUT2D eigenvalue weighted by Crippen LogP contribution is -2.04. The van der Waals surface area contributed by atoms with Crippen LogP contribution in [0.1, 0.15) is 5.56 Å². The Morgan fingerprint density at radius 1 is 0.418 bits per heavy atom. The number of alkyl halides is 3. The molecule has 7 heteroatoms. The van der Waals surface area contributed by atoms with Gasteiger partial charge in [-0.15, -0.1) is 0 Å². The molecule has 0 N–H and O–H groups in total. The maximum atomic E-state index is 13.6. The van der Waals surface area contributed by atoms with E-state index < -0.39 is 11.7 Å². The van der Waals surface area contributed by atoms with Crippen LogP contribution in [0.3, 0.4) is 0 Å². The molecule has 4 heterocycles. The molecule has 4 nitrogen and oxygen atoms in total. The zero-order valence-electron chi connectivity index (χ0n) is 29.2. The second-order valence-corrected chi connectivity index (χ2v) is 13.6. The number of benzene rings is 6. The van der Waals surface area contributed by atoms with Gasteiger partial charge in [0.25, 0.3) is 0 Å². The van der Waals surface area contributed by atoms with Crippen LogP contribution in [0.5, 0.6) is 0 Å². The van der Waals surface area contributed by atoms with Crippen LogP contribution < -0.4 is 0 Å². The van der Waals surface area contributed by atoms with E-state index in [1.807, 2.05) is 71.6 Å². The highest BCUT2D eigenvalue weighted by Crippen LogP contribution is 2.44. The van der Waals surface area contributed by atoms with Crippen molar-refractivity contribution in [1.82, 2.24) is 19.5 Å². The minimum atomic E-state index is -4.45. The van der Waals surface area contributed by atoms with Crippen molar-refractivity contribution >= 4 is 43.5 Å². The Labute approximate surface area is 313 Å². The van der Waals surface area contributed by atoms with E-state index in [0.717, 1.165) is 50.9 Å². The number of halogens is 3. The van der Waals surface area contributed by atoms with Crippen molar-refractivity contribution in [2.45, 2.75) is 6.18 Å². The molecule has 0 saturated heterocycles. The molecule has 4 aromatic heterocycles. The maximum absolute atomic E-state index is 13.6. The number of nitrogens with zero attached hydrogens (tertiary/aromatic N) is 4. The highest BCUT2D eigenvalue weighted by Gasteiger charge is 2.31. The molecular formula is C48H29F3N4. The molecule has 0 atom stereocenters. The largest absolute Gasteiger partial charge is 0.416 e. The van der Waals surface area contributed by atoms with Crippen LogP contribution in [-0.4, -0.2) is 19.5 Å². The molecule has 55 heavy (non-hydrogen) atoms. The van der Waals surface area contributed by atoms with Crippen molar-refractivity contribution < 1.29 is 13.2 Å². The van der Waals surface area contributed by atoms with Crippen molar-refractivity contribution in [3.63, 3.8) is 0 Å². The molecular weight excluding hydrogens is 690 g/mol. The highest BCUT2D eigenvalue weighted by atomic mass is 19.4. The molecule has 6 aromatic carbocycles. The lowest BCUT2D eigenvalue weighted by Gasteiger charge is -2.17. The molecule has 0 fully saturated rings. The van der Waals surface area contributed by atoms with Gasteiger partial charge in [0, 0.05) is 40.8 Å². The van der Waals surface area contributed by atoms with E-state index in [-0.39, 0.29) is 0 Å². The van der Waals surface area contributed by atoms with Crippen molar-refractivity contribution in [2.24, 2.45) is 0 Å². The van der Waals surface area contributed by atoms with Crippen LogP contribution in [0.15, 0.2) is 176 Å². The summed E-state index contributed by atoms with van der Waals surface area (Å²) in [5.74, 6) is 0. The molecule has 0 spiro atoms. The molecule has 0 aliphatic rings. The Kier molecular flexibility index (Phi) is 7.56. The van der Waals surface area contributed by atoms with Gasteiger partial charge in [-0.25, -0.2) is 0 Å². The van der Waals surface area contributed by atoms with Gasteiger partial charge in [0.2, 0.25) is 0 Å². The standard InChI is InChI=1S/C48H29F3N4/c49-48(50,51)34-21-24-43-40(27-34)47-44(18-9-25-52-47)55(43)35-13-8-12-31(26-35)32-19-22-41(53-28-32)42-23-20-33(29-54-42)46-38-16-6-4-14-36(38)45(30-10-2-1-3-11-30)37-15-5-7-17-39(37)46/h1-29H. The normalized spacial score (nSPS) is 11.9. The molecule has 0 unspecified atom stereocenters. The van der Waals surface area contributed by atoms with Crippen LogP contribution in [0.4, 0.5) is 13.2 Å². The van der Waals surface area contributed by atoms with Gasteiger partial charge >= 0.3 is 6.18 Å². The first kappa shape index (κ1) is 32.5. The summed E-state index contributed by atoms with van der Waals surface area (Å²) in [5, 5.41) is 5.17. The Balaban J connectivity index is 0.997. The Bertz CT molecular complexity index is 3000. The number of fused-ring (bicyclic) bond motifs is 5. The SMILES string of the molecule is FC(F)(F)c1ccc2c(c1)c1ncccc1n2-c1cccc(-c2ccc(-c3ccc(-c4c5ccccc5c(-c5ccccc5)c5ccccc45)cn3)nc2)c1. The van der Waals surface area contributed by atoms with Gasteiger partial charge in [0.15, 0.2) is 0 Å². The Morgan fingerprint density at radius 2 is 1.02 bits per heavy atom. The van der Waals surface area contributed by atoms with Crippen molar-refractivity contribution in [1.29, 1.82) is 0 Å². The summed E-state index contributed by atoms with van der Waals surface area (Å²) in [4.78, 5) is 14.2. The van der Waals surface area contributed by atoms with E-state index in [0.29, 0.717) is 16.4 Å². The average molecular weight is 719 g/mol. The predicted octanol–water partition coefficient (Wildman–Crippen LogP) is 13.0. The van der Waals surface area contributed by atoms with Gasteiger partial charge in [0.1, 0.15) is 0 Å². The third-order valence-electron chi connectivity index (χ3n) is 10.4. The Morgan fingerprint density at radius 3 is 1.64 bits per heavy atom. The summed E-state index contributed by atoms with van der Waals surface area (Å²) < 4.78 is 42.9. The number of hydrogen-bond donors (Lipinski definition) is 0. The first-order valence-corrected chi connectivity index (χ1v) is 17.9. The van der Waals surface area contributed by atoms with Crippen LogP contribution in [-0.2, 0) is 6.18 Å². The summed E-state index contributed by atoms with van der Waals surface area (Å²) in [6.07, 6.45) is 0.915. The summed E-state index contributed by atoms with van der Waals surface area (Å²) in [6.45, 7) is 0. The van der Waals surface area contributed by atoms with E-state index in [1.54, 1.807) is 12.3 Å². The zero-order chi connectivity index (χ0) is 37.1. The maximum Gasteiger partial charge on any atom is 0.416 e. The molecule has 0 bridgehead atoms. The third kappa shape index (κ3) is 5.51. The third-order valence-corrected chi connectivity index (χ3v) is 10.4. The number of pyridine rings is 3. The highest BCUT2D eigenvalue weighted by molar-refractivity contribution is 6.21. The number of hydrogen-bond acceptors (Lipinski definition) is 3. The van der Waals surface area contributed by atoms with Crippen LogP contribution in [0.25, 0.3) is 93.9 Å². The summed E-state index contributed by atoms with van der Waals surface area (Å²) in [5.41, 5.74) is 9.90. The van der Waals surface area contributed by atoms with Crippen LogP contribution in [0, 0.1) is 0 Å². The molecule has 0 amide bonds. The Hall–Kier alpha value is -7.12. The lowest BCUT2D eigenvalue weighted by molar-refractivity contribution is -0.137. The van der Waals surface area contributed by atoms with Gasteiger partial charge in [-0.2, -0.15) is 13.2 Å². The van der Waals surface area contributed by atoms with Gasteiger partial charge in [-0.3, -0.25) is 15.0 Å². The monoisotopic (exact) mass is 718 g/mol. The zero-order valence-corrected chi connectivity index (χ0v) is 29.2. The molecule has 0 radical (unpaired) electrons. The summed E-state index contributed by atoms with van der Waals surface area (Å²) in [6, 6.07) is 51.2. The molecule has 10 aromatic rings. The van der Waals surface area contributed by atoms with Crippen molar-refractivity contribution in [2.75, 3.05) is 0 Å². The minimum absolute atomic E-state index is 0.450. The van der Waals surface area contributed by atoms with E-state index in [2.05, 4.69) is 83.8 Å². The first-order valence-electron chi connectivity index (χ1n) is 17.9. The lowest BCUT2D eigenvalue weighted by atomic mass is 9.86. The number of rotatable bonds is 5. The van der Waals surface area contributed by atoms with Gasteiger partial charge in [-0.05, 0) is 98.4 Å². The quantitative estimate of drug-likeness (QED) is 0.166. The van der Waals surface area contributed by atoms with Gasteiger partial charge < -0.3 is 4.57 Å². The molecule has 262 valence electrons. The van der Waals surface area contributed by atoms with Gasteiger partial charge in [0.05, 0.1) is 33.5 Å². The van der Waals surface area contributed by atoms with E-state index in [4.69, 9.17) is 9.97 Å². The topological polar surface area (TPSA) is 43.6 Å². The average Bonchev–Trinajstić information content (AvgIpc) is 3.57. The fraction of sp³-hybridized carbons (Fsp3) is 0.0208. The van der Waals surface area contributed by atoms with E-state index in [1.165, 1.54) is 44.8 Å². The van der Waals surface area contributed by atoms with Gasteiger partial charge in [-0.1, -0.05) is 103 Å². The second-order valence-electron chi connectivity index (χ2n) is 13.6. The first-order chi connectivity index (χ1) is 26.9. The predicted molar refractivity (Wildman–Crippen MR) is 216 cm³/mol. The van der Waals surface area contributed by atoms with Crippen molar-refractivity contribution in [3.8, 4) is 50.5 Å². The van der Waals surface area contributed by atoms with E-state index in [9.17, 15) is 13.2 Å². The fourth-order valence-corrected chi connectivity index (χ4v) is 7.88. The van der Waals surface area contributed by atoms with E-state index >= 15 is 0 Å². The smallest absolute Gasteiger partial charge is 0.308 e. The molecule has 0 saturated carbocycles. The second kappa shape index (κ2) is 12.8. The summed E-state index contributed by atoms with van der Waals surface area (Å²) in [7, 11) is 0. The molecule has 10 rings (SSSR count).